The van der Waals surface area contributed by atoms with Gasteiger partial charge < -0.3 is 20.5 Å². The van der Waals surface area contributed by atoms with Crippen molar-refractivity contribution in [2.75, 3.05) is 37.8 Å². The van der Waals surface area contributed by atoms with E-state index in [1.165, 1.54) is 0 Å². The van der Waals surface area contributed by atoms with E-state index in [1.807, 2.05) is 11.8 Å². The number of nitrogens with two attached hydrogens (primary N) is 1. The normalized spacial score (nSPS) is 10.3. The summed E-state index contributed by atoms with van der Waals surface area (Å²) in [6.07, 6.45) is 1.68. The molecular formula is C12H20N4O2. The fourth-order valence-electron chi connectivity index (χ4n) is 1.61. The van der Waals surface area contributed by atoms with Gasteiger partial charge in [-0.2, -0.15) is 0 Å². The largest absolute Gasteiger partial charge is 0.394 e. The molecule has 0 bridgehead atoms. The highest BCUT2D eigenvalue weighted by atomic mass is 16.5. The molecular weight excluding hydrogens is 232 g/mol. The minimum atomic E-state index is 0.00725. The van der Waals surface area contributed by atoms with E-state index in [0.29, 0.717) is 31.1 Å². The van der Waals surface area contributed by atoms with Crippen LogP contribution in [0.25, 0.3) is 0 Å². The van der Waals surface area contributed by atoms with Crippen LogP contribution in [0.2, 0.25) is 0 Å². The van der Waals surface area contributed by atoms with Crippen LogP contribution in [0.3, 0.4) is 0 Å². The summed E-state index contributed by atoms with van der Waals surface area (Å²) in [4.78, 5) is 6.26. The SMILES string of the molecule is CCN(CCOCCO)c1ncccc1C(=N)N. The zero-order valence-corrected chi connectivity index (χ0v) is 10.6. The van der Waals surface area contributed by atoms with Crippen molar-refractivity contribution in [1.29, 1.82) is 5.41 Å². The van der Waals surface area contributed by atoms with Gasteiger partial charge in [0, 0.05) is 19.3 Å². The van der Waals surface area contributed by atoms with E-state index in [-0.39, 0.29) is 12.4 Å². The number of aliphatic hydroxyl groups is 1. The van der Waals surface area contributed by atoms with Crippen molar-refractivity contribution in [2.24, 2.45) is 5.73 Å². The van der Waals surface area contributed by atoms with Crippen molar-refractivity contribution in [3.05, 3.63) is 23.9 Å². The number of nitrogens with one attached hydrogen (secondary N) is 1. The van der Waals surface area contributed by atoms with Gasteiger partial charge in [0.15, 0.2) is 0 Å². The van der Waals surface area contributed by atoms with Gasteiger partial charge in [-0.1, -0.05) is 0 Å². The summed E-state index contributed by atoms with van der Waals surface area (Å²) in [7, 11) is 0. The van der Waals surface area contributed by atoms with Crippen LogP contribution in [0, 0.1) is 5.41 Å². The summed E-state index contributed by atoms with van der Waals surface area (Å²) >= 11 is 0. The fraction of sp³-hybridized carbons (Fsp3) is 0.500. The van der Waals surface area contributed by atoms with Crippen molar-refractivity contribution >= 4 is 11.7 Å². The van der Waals surface area contributed by atoms with Crippen LogP contribution in [0.4, 0.5) is 5.82 Å². The summed E-state index contributed by atoms with van der Waals surface area (Å²) in [5.41, 5.74) is 6.16. The molecule has 18 heavy (non-hydrogen) atoms. The molecule has 100 valence electrons. The first kappa shape index (κ1) is 14.4. The summed E-state index contributed by atoms with van der Waals surface area (Å²) < 4.78 is 5.23. The molecule has 6 heteroatoms. The van der Waals surface area contributed by atoms with Crippen molar-refractivity contribution in [1.82, 2.24) is 4.98 Å². The first-order valence-corrected chi connectivity index (χ1v) is 5.93. The molecule has 0 aliphatic heterocycles. The Hall–Kier alpha value is -1.66. The summed E-state index contributed by atoms with van der Waals surface area (Å²) in [6.45, 7) is 4.26. The molecule has 0 spiro atoms. The first-order valence-electron chi connectivity index (χ1n) is 5.93. The van der Waals surface area contributed by atoms with Crippen LogP contribution in [0.5, 0.6) is 0 Å². The van der Waals surface area contributed by atoms with E-state index in [1.54, 1.807) is 18.3 Å². The molecule has 0 saturated heterocycles. The molecule has 4 N–H and O–H groups in total. The van der Waals surface area contributed by atoms with Gasteiger partial charge in [0.25, 0.3) is 0 Å². The number of likely N-dealkylation sites (N-methyl/N-ethyl adjacent to an activating group) is 1. The number of aromatic nitrogens is 1. The van der Waals surface area contributed by atoms with Gasteiger partial charge in [-0.25, -0.2) is 4.98 Å². The topological polar surface area (TPSA) is 95.5 Å². The van der Waals surface area contributed by atoms with E-state index in [9.17, 15) is 0 Å². The Balaban J connectivity index is 2.72. The minimum Gasteiger partial charge on any atom is -0.394 e. The van der Waals surface area contributed by atoms with Crippen LogP contribution in [-0.4, -0.2) is 48.8 Å². The van der Waals surface area contributed by atoms with Gasteiger partial charge in [-0.05, 0) is 19.1 Å². The second-order valence-electron chi connectivity index (χ2n) is 3.70. The number of amidine groups is 1. The van der Waals surface area contributed by atoms with Crippen molar-refractivity contribution in [2.45, 2.75) is 6.92 Å². The highest BCUT2D eigenvalue weighted by Gasteiger charge is 2.12. The molecule has 1 rings (SSSR count). The third-order valence-electron chi connectivity index (χ3n) is 2.50. The van der Waals surface area contributed by atoms with Crippen molar-refractivity contribution in [3.8, 4) is 0 Å². The average Bonchev–Trinajstić information content (AvgIpc) is 2.39. The number of aliphatic hydroxyl groups excluding tert-OH is 1. The van der Waals surface area contributed by atoms with Crippen LogP contribution in [-0.2, 0) is 4.74 Å². The average molecular weight is 252 g/mol. The number of rotatable bonds is 8. The highest BCUT2D eigenvalue weighted by molar-refractivity contribution is 5.99. The highest BCUT2D eigenvalue weighted by Crippen LogP contribution is 2.15. The molecule has 0 radical (unpaired) electrons. The second-order valence-corrected chi connectivity index (χ2v) is 3.70. The molecule has 1 heterocycles. The molecule has 0 aromatic carbocycles. The molecule has 0 fully saturated rings. The molecule has 6 nitrogen and oxygen atoms in total. The third-order valence-corrected chi connectivity index (χ3v) is 2.50. The lowest BCUT2D eigenvalue weighted by molar-refractivity contribution is 0.0967. The second kappa shape index (κ2) is 7.62. The summed E-state index contributed by atoms with van der Waals surface area (Å²) in [6, 6.07) is 3.54. The van der Waals surface area contributed by atoms with E-state index in [4.69, 9.17) is 21.0 Å². The monoisotopic (exact) mass is 252 g/mol. The van der Waals surface area contributed by atoms with Crippen LogP contribution >= 0.6 is 0 Å². The van der Waals surface area contributed by atoms with E-state index in [0.717, 1.165) is 6.54 Å². The summed E-state index contributed by atoms with van der Waals surface area (Å²) in [5, 5.41) is 16.2. The Bertz CT molecular complexity index is 384. The Labute approximate surface area is 107 Å². The number of nitrogens with zero attached hydrogens (tertiary/aromatic N) is 2. The predicted octanol–water partition coefficient (Wildman–Crippen LogP) is 0.201. The molecule has 1 aromatic heterocycles. The van der Waals surface area contributed by atoms with E-state index >= 15 is 0 Å². The maximum Gasteiger partial charge on any atom is 0.139 e. The number of hydrogen-bond donors (Lipinski definition) is 3. The van der Waals surface area contributed by atoms with Crippen molar-refractivity contribution in [3.63, 3.8) is 0 Å². The molecule has 0 atom stereocenters. The Morgan fingerprint density at radius 1 is 1.56 bits per heavy atom. The number of ether oxygens (including phenoxy) is 1. The van der Waals surface area contributed by atoms with Gasteiger partial charge in [0.2, 0.25) is 0 Å². The quantitative estimate of drug-likeness (QED) is 0.349. The van der Waals surface area contributed by atoms with Gasteiger partial charge in [0.1, 0.15) is 11.7 Å². The number of hydrogen-bond acceptors (Lipinski definition) is 5. The Morgan fingerprint density at radius 2 is 2.33 bits per heavy atom. The number of pyridine rings is 1. The Morgan fingerprint density at radius 3 is 2.94 bits per heavy atom. The number of anilines is 1. The van der Waals surface area contributed by atoms with Crippen LogP contribution in [0.15, 0.2) is 18.3 Å². The van der Waals surface area contributed by atoms with Crippen molar-refractivity contribution < 1.29 is 9.84 Å². The van der Waals surface area contributed by atoms with Crippen LogP contribution < -0.4 is 10.6 Å². The molecule has 0 aliphatic rings. The lowest BCUT2D eigenvalue weighted by atomic mass is 10.2. The molecule has 0 amide bonds. The summed E-state index contributed by atoms with van der Waals surface area (Å²) in [5.74, 6) is 0.702. The van der Waals surface area contributed by atoms with Gasteiger partial charge in [-0.3, -0.25) is 5.41 Å². The van der Waals surface area contributed by atoms with E-state index in [2.05, 4.69) is 4.98 Å². The lowest BCUT2D eigenvalue weighted by Gasteiger charge is -2.23. The van der Waals surface area contributed by atoms with Crippen LogP contribution in [0.1, 0.15) is 12.5 Å². The lowest BCUT2D eigenvalue weighted by Crippen LogP contribution is -2.30. The minimum absolute atomic E-state index is 0.00725. The van der Waals surface area contributed by atoms with E-state index < -0.39 is 0 Å². The first-order chi connectivity index (χ1) is 8.70. The molecule has 0 saturated carbocycles. The maximum atomic E-state index is 8.63. The maximum absolute atomic E-state index is 8.63. The third kappa shape index (κ3) is 3.97. The molecule has 1 aromatic rings. The predicted molar refractivity (Wildman–Crippen MR) is 71.0 cm³/mol. The zero-order valence-electron chi connectivity index (χ0n) is 10.6. The fourth-order valence-corrected chi connectivity index (χ4v) is 1.61. The Kier molecular flexibility index (Phi) is 6.10. The standard InChI is InChI=1S/C12H20N4O2/c1-2-16(6-8-18-9-7-17)12-10(11(13)14)4-3-5-15-12/h3-5,17H,2,6-9H2,1H3,(H3,13,14). The van der Waals surface area contributed by atoms with Gasteiger partial charge >= 0.3 is 0 Å². The van der Waals surface area contributed by atoms with Gasteiger partial charge in [0.05, 0.1) is 25.4 Å². The van der Waals surface area contributed by atoms with Gasteiger partial charge in [-0.15, -0.1) is 0 Å². The zero-order chi connectivity index (χ0) is 13.4. The smallest absolute Gasteiger partial charge is 0.139 e. The number of nitrogen functional groups attached to an aromatic ring is 1. The molecule has 0 unspecified atom stereocenters. The molecule has 0 aliphatic carbocycles.